The highest BCUT2D eigenvalue weighted by Gasteiger charge is 2.21. The summed E-state index contributed by atoms with van der Waals surface area (Å²) in [5.41, 5.74) is 10.7. The van der Waals surface area contributed by atoms with E-state index < -0.39 is 0 Å². The summed E-state index contributed by atoms with van der Waals surface area (Å²) >= 11 is 0. The number of rotatable bonds is 5. The Hall–Kier alpha value is -5.15. The lowest BCUT2D eigenvalue weighted by Crippen LogP contribution is -2.08. The largest absolute Gasteiger partial charge is 0.317 e. The maximum absolute atomic E-state index is 13.9. The van der Waals surface area contributed by atoms with E-state index in [-0.39, 0.29) is 5.83 Å². The van der Waals surface area contributed by atoms with Crippen molar-refractivity contribution in [1.29, 1.82) is 0 Å². The molecule has 0 saturated heterocycles. The lowest BCUT2D eigenvalue weighted by Gasteiger charge is -2.21. The van der Waals surface area contributed by atoms with Crippen molar-refractivity contribution in [2.75, 3.05) is 0 Å². The number of hydrogen-bond donors (Lipinski definition) is 0. The molecular weight excluding hydrogens is 527 g/mol. The summed E-state index contributed by atoms with van der Waals surface area (Å²) < 4.78 is 18.6. The van der Waals surface area contributed by atoms with Crippen LogP contribution in [0.4, 0.5) is 4.39 Å². The molecule has 2 aliphatic carbocycles. The van der Waals surface area contributed by atoms with Crippen molar-refractivity contribution in [2.45, 2.75) is 25.2 Å². The monoisotopic (exact) mass is 558 g/mol. The van der Waals surface area contributed by atoms with Crippen molar-refractivity contribution < 1.29 is 4.39 Å². The van der Waals surface area contributed by atoms with E-state index in [0.29, 0.717) is 18.8 Å². The van der Waals surface area contributed by atoms with Gasteiger partial charge in [-0.2, -0.15) is 0 Å². The highest BCUT2D eigenvalue weighted by atomic mass is 19.1. The second-order valence-electron chi connectivity index (χ2n) is 11.4. The van der Waals surface area contributed by atoms with E-state index in [4.69, 9.17) is 0 Å². The molecule has 0 bridgehead atoms. The van der Waals surface area contributed by atoms with Crippen LogP contribution < -0.4 is 0 Å². The first-order valence-electron chi connectivity index (χ1n) is 15.0. The summed E-state index contributed by atoms with van der Waals surface area (Å²) in [5.74, 6) is 0.250. The summed E-state index contributed by atoms with van der Waals surface area (Å²) in [4.78, 5) is 0. The van der Waals surface area contributed by atoms with Crippen LogP contribution in [0.25, 0.3) is 55.6 Å². The molecule has 0 amide bonds. The highest BCUT2D eigenvalue weighted by Crippen LogP contribution is 2.39. The van der Waals surface area contributed by atoms with E-state index in [1.54, 1.807) is 6.08 Å². The van der Waals surface area contributed by atoms with Crippen LogP contribution in [-0.4, -0.2) is 9.13 Å². The topological polar surface area (TPSA) is 9.86 Å². The maximum atomic E-state index is 13.9. The van der Waals surface area contributed by atoms with Crippen LogP contribution in [0.5, 0.6) is 0 Å². The zero-order valence-corrected chi connectivity index (χ0v) is 23.8. The van der Waals surface area contributed by atoms with Crippen LogP contribution in [0, 0.1) is 0 Å². The second kappa shape index (κ2) is 10.6. The van der Waals surface area contributed by atoms with Crippen molar-refractivity contribution in [3.63, 3.8) is 0 Å². The summed E-state index contributed by atoms with van der Waals surface area (Å²) in [6.45, 7) is 0. The zero-order chi connectivity index (χ0) is 28.8. The van der Waals surface area contributed by atoms with Crippen molar-refractivity contribution >= 4 is 27.5 Å². The van der Waals surface area contributed by atoms with Crippen molar-refractivity contribution in [1.82, 2.24) is 9.13 Å². The van der Waals surface area contributed by atoms with Crippen LogP contribution in [0.15, 0.2) is 151 Å². The van der Waals surface area contributed by atoms with E-state index >= 15 is 0 Å². The Morgan fingerprint density at radius 2 is 1.30 bits per heavy atom. The number of para-hydroxylation sites is 1. The fourth-order valence-corrected chi connectivity index (χ4v) is 6.67. The number of halogens is 1. The molecular formula is C40H31FN2. The van der Waals surface area contributed by atoms with Gasteiger partial charge in [-0.05, 0) is 90.2 Å². The molecule has 2 heterocycles. The minimum absolute atomic E-state index is 0.0449. The minimum atomic E-state index is -0.0449. The average molecular weight is 559 g/mol. The van der Waals surface area contributed by atoms with Gasteiger partial charge >= 0.3 is 0 Å². The molecule has 2 aliphatic rings. The van der Waals surface area contributed by atoms with Gasteiger partial charge in [0.1, 0.15) is 5.83 Å². The minimum Gasteiger partial charge on any atom is -0.317 e. The standard InChI is InChI=1S/C40H31FN2/c41-34-18-20-36(21-19-34)43-38-23-17-31(25-33(38)27-40(43)29-12-6-2-7-13-29)30-16-22-37-32(24-30)26-39(28-10-4-1-5-11-28)42(37)35-14-8-3-9-15-35/h1-12,14-18,20,22-27,29H,13,19,21H2. The Balaban J connectivity index is 1.26. The van der Waals surface area contributed by atoms with E-state index in [9.17, 15) is 4.39 Å². The third-order valence-corrected chi connectivity index (χ3v) is 8.77. The van der Waals surface area contributed by atoms with Crippen LogP contribution >= 0.6 is 0 Å². The number of fused-ring (bicyclic) bond motifs is 2. The fraction of sp³-hybridized carbons (Fsp3) is 0.100. The van der Waals surface area contributed by atoms with Gasteiger partial charge in [-0.15, -0.1) is 0 Å². The van der Waals surface area contributed by atoms with E-state index in [2.05, 4.69) is 143 Å². The number of hydrogen-bond acceptors (Lipinski definition) is 0. The molecule has 1 unspecified atom stereocenters. The molecule has 2 nitrogen and oxygen atoms in total. The molecule has 43 heavy (non-hydrogen) atoms. The summed E-state index contributed by atoms with van der Waals surface area (Å²) in [6.07, 6.45) is 14.5. The Morgan fingerprint density at radius 1 is 0.605 bits per heavy atom. The second-order valence-corrected chi connectivity index (χ2v) is 11.4. The third kappa shape index (κ3) is 4.58. The molecule has 4 aromatic carbocycles. The first kappa shape index (κ1) is 25.6. The molecule has 0 saturated carbocycles. The molecule has 6 aromatic rings. The van der Waals surface area contributed by atoms with Gasteiger partial charge in [0, 0.05) is 40.2 Å². The van der Waals surface area contributed by atoms with Gasteiger partial charge in [0.05, 0.1) is 16.7 Å². The number of benzene rings is 4. The molecule has 0 N–H and O–H groups in total. The molecule has 8 rings (SSSR count). The van der Waals surface area contributed by atoms with Gasteiger partial charge in [-0.3, -0.25) is 0 Å². The predicted octanol–water partition coefficient (Wildman–Crippen LogP) is 11.0. The van der Waals surface area contributed by atoms with Gasteiger partial charge in [0.15, 0.2) is 0 Å². The van der Waals surface area contributed by atoms with Crippen LogP contribution in [-0.2, 0) is 0 Å². The molecule has 2 aromatic heterocycles. The Morgan fingerprint density at radius 3 is 1.98 bits per heavy atom. The SMILES string of the molecule is FC1=CC=C(n2c(C3C=CC=CC3)cc3cc(-c4ccc5c(c4)cc(-c4ccccc4)n5-c4ccccc4)ccc32)CC1. The number of nitrogens with zero attached hydrogens (tertiary/aromatic N) is 2. The highest BCUT2D eigenvalue weighted by molar-refractivity contribution is 5.94. The number of allylic oxidation sites excluding steroid dienone is 8. The summed E-state index contributed by atoms with van der Waals surface area (Å²) in [5, 5.41) is 2.41. The van der Waals surface area contributed by atoms with Crippen molar-refractivity contribution in [2.24, 2.45) is 0 Å². The van der Waals surface area contributed by atoms with Gasteiger partial charge in [0.2, 0.25) is 0 Å². The van der Waals surface area contributed by atoms with Crippen molar-refractivity contribution in [3.8, 4) is 28.1 Å². The van der Waals surface area contributed by atoms with Crippen molar-refractivity contribution in [3.05, 3.63) is 157 Å². The molecule has 0 radical (unpaired) electrons. The van der Waals surface area contributed by atoms with Crippen LogP contribution in [0.2, 0.25) is 0 Å². The van der Waals surface area contributed by atoms with Gasteiger partial charge in [-0.25, -0.2) is 4.39 Å². The molecule has 0 aliphatic heterocycles. The molecule has 0 spiro atoms. The fourth-order valence-electron chi connectivity index (χ4n) is 6.67. The third-order valence-electron chi connectivity index (χ3n) is 8.77. The number of aromatic nitrogens is 2. The Labute approximate surface area is 251 Å². The molecule has 0 fully saturated rings. The van der Waals surface area contributed by atoms with Crippen LogP contribution in [0.3, 0.4) is 0 Å². The quantitative estimate of drug-likeness (QED) is 0.199. The Kier molecular flexibility index (Phi) is 6.30. The Bertz CT molecular complexity index is 2100. The average Bonchev–Trinajstić information content (AvgIpc) is 3.65. The van der Waals surface area contributed by atoms with Crippen LogP contribution in [0.1, 0.15) is 30.9 Å². The summed E-state index contributed by atoms with van der Waals surface area (Å²) in [7, 11) is 0. The molecule has 3 heteroatoms. The lowest BCUT2D eigenvalue weighted by molar-refractivity contribution is 0.586. The van der Waals surface area contributed by atoms with E-state index in [1.807, 2.05) is 6.08 Å². The zero-order valence-electron chi connectivity index (χ0n) is 23.8. The van der Waals surface area contributed by atoms with E-state index in [1.165, 1.54) is 49.9 Å². The lowest BCUT2D eigenvalue weighted by atomic mass is 9.96. The molecule has 1 atom stereocenters. The maximum Gasteiger partial charge on any atom is 0.100 e. The normalized spacial score (nSPS) is 16.5. The first-order valence-corrected chi connectivity index (χ1v) is 15.0. The van der Waals surface area contributed by atoms with Gasteiger partial charge < -0.3 is 9.13 Å². The smallest absolute Gasteiger partial charge is 0.100 e. The summed E-state index contributed by atoms with van der Waals surface area (Å²) in [6, 6.07) is 39.4. The van der Waals surface area contributed by atoms with E-state index in [0.717, 1.165) is 17.8 Å². The van der Waals surface area contributed by atoms with Gasteiger partial charge in [0.25, 0.3) is 0 Å². The first-order chi connectivity index (χ1) is 21.2. The molecule has 208 valence electrons. The van der Waals surface area contributed by atoms with Gasteiger partial charge in [-0.1, -0.05) is 85.0 Å². The predicted molar refractivity (Wildman–Crippen MR) is 178 cm³/mol.